The first-order chi connectivity index (χ1) is 10.2. The molecule has 21 heavy (non-hydrogen) atoms. The molecule has 2 N–H and O–H groups in total. The Kier molecular flexibility index (Phi) is 5.65. The van der Waals surface area contributed by atoms with Gasteiger partial charge in [-0.15, -0.1) is 0 Å². The van der Waals surface area contributed by atoms with Crippen molar-refractivity contribution in [1.29, 1.82) is 0 Å². The Labute approximate surface area is 134 Å². The summed E-state index contributed by atoms with van der Waals surface area (Å²) in [6.07, 6.45) is 0.886. The van der Waals surface area contributed by atoms with E-state index in [1.54, 1.807) is 7.11 Å². The van der Waals surface area contributed by atoms with Gasteiger partial charge >= 0.3 is 0 Å². The van der Waals surface area contributed by atoms with Gasteiger partial charge in [-0.25, -0.2) is 0 Å². The quantitative estimate of drug-likeness (QED) is 0.866. The van der Waals surface area contributed by atoms with Crippen molar-refractivity contribution in [1.82, 2.24) is 0 Å². The minimum Gasteiger partial charge on any atom is -0.496 e. The molecule has 0 aliphatic rings. The van der Waals surface area contributed by atoms with Gasteiger partial charge in [-0.3, -0.25) is 0 Å². The average molecular weight is 349 g/mol. The van der Waals surface area contributed by atoms with Gasteiger partial charge in [0.15, 0.2) is 0 Å². The number of para-hydroxylation sites is 1. The highest BCUT2D eigenvalue weighted by atomic mass is 79.9. The third-order valence-electron chi connectivity index (χ3n) is 3.49. The largest absolute Gasteiger partial charge is 0.496 e. The molecule has 0 atom stereocenters. The van der Waals surface area contributed by atoms with E-state index in [4.69, 9.17) is 10.5 Å². The van der Waals surface area contributed by atoms with Crippen molar-refractivity contribution in [3.63, 3.8) is 0 Å². The third-order valence-corrected chi connectivity index (χ3v) is 4.23. The lowest BCUT2D eigenvalue weighted by Crippen LogP contribution is -2.17. The number of halogens is 1. The maximum Gasteiger partial charge on any atom is 0.123 e. The van der Waals surface area contributed by atoms with Crippen molar-refractivity contribution in [3.05, 3.63) is 58.1 Å². The molecule has 0 bridgehead atoms. The Morgan fingerprint density at radius 2 is 1.90 bits per heavy atom. The molecule has 2 rings (SSSR count). The molecule has 0 heterocycles. The van der Waals surface area contributed by atoms with Crippen molar-refractivity contribution in [2.24, 2.45) is 5.73 Å². The summed E-state index contributed by atoms with van der Waals surface area (Å²) in [5.74, 6) is 0.920. The fraction of sp³-hybridized carbons (Fsp3) is 0.294. The topological polar surface area (TPSA) is 38.5 Å². The van der Waals surface area contributed by atoms with Crippen LogP contribution in [0.3, 0.4) is 0 Å². The molecule has 3 nitrogen and oxygen atoms in total. The van der Waals surface area contributed by atoms with Crippen LogP contribution in [0.2, 0.25) is 0 Å². The van der Waals surface area contributed by atoms with E-state index in [0.29, 0.717) is 6.54 Å². The van der Waals surface area contributed by atoms with Crippen LogP contribution in [0.25, 0.3) is 0 Å². The monoisotopic (exact) mass is 348 g/mol. The number of rotatable bonds is 6. The van der Waals surface area contributed by atoms with Crippen LogP contribution in [-0.2, 0) is 13.0 Å². The molecule has 2 aromatic rings. The lowest BCUT2D eigenvalue weighted by Gasteiger charge is -2.21. The molecule has 2 aromatic carbocycles. The van der Waals surface area contributed by atoms with Gasteiger partial charge in [0.25, 0.3) is 0 Å². The van der Waals surface area contributed by atoms with Crippen molar-refractivity contribution < 1.29 is 4.74 Å². The van der Waals surface area contributed by atoms with Crippen molar-refractivity contribution in [2.75, 3.05) is 25.6 Å². The molecule has 0 aromatic heterocycles. The molecule has 0 saturated carbocycles. The molecule has 0 aliphatic heterocycles. The lowest BCUT2D eigenvalue weighted by atomic mass is 10.1. The molecule has 0 fully saturated rings. The number of nitrogens with two attached hydrogens (primary N) is 1. The SMILES string of the molecule is COc1ccccc1CN(C)c1ccc(CCN)c(Br)c1. The zero-order valence-corrected chi connectivity index (χ0v) is 14.1. The predicted octanol–water partition coefficient (Wildman–Crippen LogP) is 3.60. The number of ether oxygens (including phenoxy) is 1. The number of methoxy groups -OCH3 is 1. The highest BCUT2D eigenvalue weighted by Gasteiger charge is 2.08. The van der Waals surface area contributed by atoms with Crippen LogP contribution in [0.4, 0.5) is 5.69 Å². The van der Waals surface area contributed by atoms with Crippen LogP contribution in [0, 0.1) is 0 Å². The van der Waals surface area contributed by atoms with E-state index < -0.39 is 0 Å². The Morgan fingerprint density at radius 1 is 1.14 bits per heavy atom. The summed E-state index contributed by atoms with van der Waals surface area (Å²) in [5, 5.41) is 0. The van der Waals surface area contributed by atoms with E-state index in [-0.39, 0.29) is 0 Å². The molecular formula is C17H21BrN2O. The summed E-state index contributed by atoms with van der Waals surface area (Å²) in [6, 6.07) is 14.5. The fourth-order valence-electron chi connectivity index (χ4n) is 2.31. The number of nitrogens with zero attached hydrogens (tertiary/aromatic N) is 1. The molecule has 0 amide bonds. The normalized spacial score (nSPS) is 10.5. The predicted molar refractivity (Wildman–Crippen MR) is 92.0 cm³/mol. The van der Waals surface area contributed by atoms with Gasteiger partial charge in [-0.05, 0) is 36.7 Å². The summed E-state index contributed by atoms with van der Waals surface area (Å²) in [7, 11) is 3.79. The smallest absolute Gasteiger partial charge is 0.123 e. The van der Waals surface area contributed by atoms with Crippen molar-refractivity contribution >= 4 is 21.6 Å². The Hall–Kier alpha value is -1.52. The van der Waals surface area contributed by atoms with E-state index in [2.05, 4.69) is 52.1 Å². The molecule has 0 aliphatic carbocycles. The summed E-state index contributed by atoms with van der Waals surface area (Å²) < 4.78 is 6.52. The number of benzene rings is 2. The van der Waals surface area contributed by atoms with Crippen LogP contribution >= 0.6 is 15.9 Å². The van der Waals surface area contributed by atoms with E-state index in [1.807, 2.05) is 18.2 Å². The first-order valence-corrected chi connectivity index (χ1v) is 7.76. The summed E-state index contributed by atoms with van der Waals surface area (Å²) >= 11 is 3.62. The summed E-state index contributed by atoms with van der Waals surface area (Å²) in [5.41, 5.74) is 9.19. The van der Waals surface area contributed by atoms with Crippen molar-refractivity contribution in [3.8, 4) is 5.75 Å². The van der Waals surface area contributed by atoms with Crippen LogP contribution in [0.5, 0.6) is 5.75 Å². The van der Waals surface area contributed by atoms with E-state index in [0.717, 1.165) is 28.9 Å². The second-order valence-corrected chi connectivity index (χ2v) is 5.84. The maximum atomic E-state index is 5.62. The maximum absolute atomic E-state index is 5.62. The van der Waals surface area contributed by atoms with Crippen molar-refractivity contribution in [2.45, 2.75) is 13.0 Å². The molecule has 112 valence electrons. The van der Waals surface area contributed by atoms with E-state index >= 15 is 0 Å². The minimum absolute atomic E-state index is 0.662. The number of hydrogen-bond donors (Lipinski definition) is 1. The molecule has 0 unspecified atom stereocenters. The highest BCUT2D eigenvalue weighted by Crippen LogP contribution is 2.26. The molecule has 0 saturated heterocycles. The third kappa shape index (κ3) is 3.99. The second kappa shape index (κ2) is 7.48. The number of hydrogen-bond acceptors (Lipinski definition) is 3. The molecule has 0 spiro atoms. The average Bonchev–Trinajstić information content (AvgIpc) is 2.50. The fourth-order valence-corrected chi connectivity index (χ4v) is 2.88. The van der Waals surface area contributed by atoms with Crippen LogP contribution in [-0.4, -0.2) is 20.7 Å². The van der Waals surface area contributed by atoms with Gasteiger partial charge in [-0.2, -0.15) is 0 Å². The molecule has 0 radical (unpaired) electrons. The van der Waals surface area contributed by atoms with Gasteiger partial charge in [0, 0.05) is 29.3 Å². The summed E-state index contributed by atoms with van der Waals surface area (Å²) in [4.78, 5) is 2.20. The van der Waals surface area contributed by atoms with Gasteiger partial charge < -0.3 is 15.4 Å². The standard InChI is InChI=1S/C17H21BrN2O/c1-20(12-14-5-3-4-6-17(14)21-2)15-8-7-13(9-10-19)16(18)11-15/h3-8,11H,9-10,12,19H2,1-2H3. The molecular weight excluding hydrogens is 328 g/mol. The molecule has 4 heteroatoms. The van der Waals surface area contributed by atoms with Crippen LogP contribution in [0.1, 0.15) is 11.1 Å². The van der Waals surface area contributed by atoms with Crippen LogP contribution in [0.15, 0.2) is 46.9 Å². The second-order valence-electron chi connectivity index (χ2n) is 4.98. The first kappa shape index (κ1) is 15.9. The zero-order valence-electron chi connectivity index (χ0n) is 12.5. The zero-order chi connectivity index (χ0) is 15.2. The Balaban J connectivity index is 2.16. The van der Waals surface area contributed by atoms with Gasteiger partial charge in [0.2, 0.25) is 0 Å². The van der Waals surface area contributed by atoms with Gasteiger partial charge in [-0.1, -0.05) is 40.2 Å². The van der Waals surface area contributed by atoms with Gasteiger partial charge in [0.05, 0.1) is 7.11 Å². The lowest BCUT2D eigenvalue weighted by molar-refractivity contribution is 0.409. The van der Waals surface area contributed by atoms with Gasteiger partial charge in [0.1, 0.15) is 5.75 Å². The minimum atomic E-state index is 0.662. The first-order valence-electron chi connectivity index (χ1n) is 6.97. The van der Waals surface area contributed by atoms with E-state index in [9.17, 15) is 0 Å². The number of anilines is 1. The highest BCUT2D eigenvalue weighted by molar-refractivity contribution is 9.10. The van der Waals surface area contributed by atoms with E-state index in [1.165, 1.54) is 11.1 Å². The van der Waals surface area contributed by atoms with Crippen LogP contribution < -0.4 is 15.4 Å². The summed E-state index contributed by atoms with van der Waals surface area (Å²) in [6.45, 7) is 1.46. The Bertz CT molecular complexity index is 601. The Morgan fingerprint density at radius 3 is 2.57 bits per heavy atom.